The second kappa shape index (κ2) is 8.59. The Labute approximate surface area is 166 Å². The number of carboxylic acid groups (broad SMARTS) is 1. The predicted octanol–water partition coefficient (Wildman–Crippen LogP) is 3.54. The van der Waals surface area contributed by atoms with Crippen molar-refractivity contribution in [2.45, 2.75) is 65.0 Å². The summed E-state index contributed by atoms with van der Waals surface area (Å²) in [6.07, 6.45) is 4.95. The van der Waals surface area contributed by atoms with Gasteiger partial charge in [0.2, 0.25) is 0 Å². The van der Waals surface area contributed by atoms with Gasteiger partial charge in [-0.1, -0.05) is 38.1 Å². The van der Waals surface area contributed by atoms with Gasteiger partial charge in [0.15, 0.2) is 0 Å². The van der Waals surface area contributed by atoms with Crippen LogP contribution in [-0.2, 0) is 17.8 Å². The van der Waals surface area contributed by atoms with Crippen LogP contribution in [0.3, 0.4) is 0 Å². The maximum atomic E-state index is 12.7. The van der Waals surface area contributed by atoms with Gasteiger partial charge in [-0.25, -0.2) is 4.79 Å². The third kappa shape index (κ3) is 4.43. The van der Waals surface area contributed by atoms with E-state index in [9.17, 15) is 14.7 Å². The monoisotopic (exact) mass is 383 g/mol. The smallest absolute Gasteiger partial charge is 0.326 e. The summed E-state index contributed by atoms with van der Waals surface area (Å²) in [5.41, 5.74) is 3.71. The summed E-state index contributed by atoms with van der Waals surface area (Å²) in [7, 11) is 0. The summed E-state index contributed by atoms with van der Waals surface area (Å²) >= 11 is 0. The van der Waals surface area contributed by atoms with Crippen LogP contribution < -0.4 is 5.32 Å². The van der Waals surface area contributed by atoms with Crippen LogP contribution in [0.4, 0.5) is 0 Å². The van der Waals surface area contributed by atoms with Gasteiger partial charge in [0.25, 0.3) is 5.91 Å². The highest BCUT2D eigenvalue weighted by atomic mass is 16.4. The predicted molar refractivity (Wildman–Crippen MR) is 107 cm³/mol. The summed E-state index contributed by atoms with van der Waals surface area (Å²) in [6, 6.07) is 7.30. The number of nitrogens with one attached hydrogen (secondary N) is 1. The number of carbonyl (C=O) groups is 2. The largest absolute Gasteiger partial charge is 0.480 e. The molecule has 0 bridgehead atoms. The zero-order chi connectivity index (χ0) is 20.3. The fraction of sp³-hybridized carbons (Fsp3) is 0.500. The van der Waals surface area contributed by atoms with Crippen LogP contribution in [0.2, 0.25) is 0 Å². The molecule has 1 aromatic heterocycles. The summed E-state index contributed by atoms with van der Waals surface area (Å²) in [5, 5.41) is 16.7. The molecule has 150 valence electrons. The van der Waals surface area contributed by atoms with E-state index in [4.69, 9.17) is 0 Å². The van der Waals surface area contributed by atoms with E-state index in [0.29, 0.717) is 17.9 Å². The van der Waals surface area contributed by atoms with Crippen LogP contribution in [0.5, 0.6) is 0 Å². The van der Waals surface area contributed by atoms with E-state index >= 15 is 0 Å². The van der Waals surface area contributed by atoms with Crippen LogP contribution >= 0.6 is 0 Å². The minimum absolute atomic E-state index is 0.149. The molecule has 0 aliphatic heterocycles. The van der Waals surface area contributed by atoms with Crippen LogP contribution in [0.15, 0.2) is 30.5 Å². The molecule has 28 heavy (non-hydrogen) atoms. The fourth-order valence-corrected chi connectivity index (χ4v) is 4.04. The molecule has 2 aromatic rings. The van der Waals surface area contributed by atoms with Crippen molar-refractivity contribution in [1.82, 2.24) is 15.1 Å². The minimum atomic E-state index is -0.997. The number of benzene rings is 1. The van der Waals surface area contributed by atoms with Gasteiger partial charge in [-0.3, -0.25) is 9.48 Å². The summed E-state index contributed by atoms with van der Waals surface area (Å²) in [4.78, 5) is 24.6. The topological polar surface area (TPSA) is 84.2 Å². The lowest BCUT2D eigenvalue weighted by molar-refractivity contribution is -0.139. The number of carboxylic acids is 1. The Morgan fingerprint density at radius 2 is 2.07 bits per heavy atom. The first kappa shape index (κ1) is 20.1. The lowest BCUT2D eigenvalue weighted by Gasteiger charge is -2.28. The van der Waals surface area contributed by atoms with Gasteiger partial charge in [-0.15, -0.1) is 0 Å². The molecule has 6 nitrogen and oxygen atoms in total. The molecule has 2 unspecified atom stereocenters. The van der Waals surface area contributed by atoms with Crippen molar-refractivity contribution in [2.75, 3.05) is 0 Å². The van der Waals surface area contributed by atoms with Crippen molar-refractivity contribution in [1.29, 1.82) is 0 Å². The van der Waals surface area contributed by atoms with E-state index in [1.54, 1.807) is 4.68 Å². The summed E-state index contributed by atoms with van der Waals surface area (Å²) in [6.45, 7) is 6.74. The zero-order valence-corrected chi connectivity index (χ0v) is 16.8. The Bertz CT molecular complexity index is 856. The standard InChI is InChI=1S/C22H29N3O3/c1-14(2)13-25-15(3)19(12-23-25)21(26)24-20(22(27)28)11-17-9-6-8-16-7-4-5-10-18(16)17/h4-5,7,10,12,14,17,20H,6,8-9,11,13H2,1-3H3,(H,24,26)(H,27,28). The first-order valence-electron chi connectivity index (χ1n) is 10.0. The van der Waals surface area contributed by atoms with E-state index in [-0.39, 0.29) is 11.8 Å². The number of amides is 1. The molecule has 2 N–H and O–H groups in total. The number of hydrogen-bond donors (Lipinski definition) is 2. The van der Waals surface area contributed by atoms with Crippen LogP contribution in [-0.4, -0.2) is 32.8 Å². The van der Waals surface area contributed by atoms with Crippen LogP contribution in [0.1, 0.15) is 66.2 Å². The highest BCUT2D eigenvalue weighted by Crippen LogP contribution is 2.34. The molecular weight excluding hydrogens is 354 g/mol. The molecule has 6 heteroatoms. The molecule has 1 aliphatic carbocycles. The zero-order valence-electron chi connectivity index (χ0n) is 16.8. The normalized spacial score (nSPS) is 17.2. The average Bonchev–Trinajstić information content (AvgIpc) is 3.01. The highest BCUT2D eigenvalue weighted by molar-refractivity contribution is 5.97. The van der Waals surface area contributed by atoms with Crippen molar-refractivity contribution in [2.24, 2.45) is 5.92 Å². The average molecular weight is 383 g/mol. The minimum Gasteiger partial charge on any atom is -0.480 e. The number of rotatable bonds is 7. The first-order chi connectivity index (χ1) is 13.4. The lowest BCUT2D eigenvalue weighted by atomic mass is 9.79. The van der Waals surface area contributed by atoms with E-state index in [2.05, 4.69) is 36.4 Å². The molecule has 0 spiro atoms. The summed E-state index contributed by atoms with van der Waals surface area (Å²) in [5.74, 6) is -0.809. The van der Waals surface area contributed by atoms with Gasteiger partial charge >= 0.3 is 5.97 Å². The Morgan fingerprint density at radius 3 is 2.79 bits per heavy atom. The number of fused-ring (bicyclic) bond motifs is 1. The molecule has 0 fully saturated rings. The molecule has 0 saturated carbocycles. The van der Waals surface area contributed by atoms with Crippen molar-refractivity contribution < 1.29 is 14.7 Å². The number of hydrogen-bond acceptors (Lipinski definition) is 3. The lowest BCUT2D eigenvalue weighted by Crippen LogP contribution is -2.42. The number of nitrogens with zero attached hydrogens (tertiary/aromatic N) is 2. The molecular formula is C22H29N3O3. The van der Waals surface area contributed by atoms with Crippen molar-refractivity contribution in [3.05, 3.63) is 52.8 Å². The molecule has 0 radical (unpaired) electrons. The van der Waals surface area contributed by atoms with Crippen molar-refractivity contribution in [3.8, 4) is 0 Å². The number of aryl methyl sites for hydroxylation is 1. The Hall–Kier alpha value is -2.63. The number of aliphatic carboxylic acids is 1. The maximum absolute atomic E-state index is 12.7. The van der Waals surface area contributed by atoms with Gasteiger partial charge in [0.05, 0.1) is 11.8 Å². The third-order valence-electron chi connectivity index (χ3n) is 5.50. The van der Waals surface area contributed by atoms with Gasteiger partial charge in [-0.05, 0) is 55.6 Å². The fourth-order valence-electron chi connectivity index (χ4n) is 4.04. The molecule has 3 rings (SSSR count). The van der Waals surface area contributed by atoms with E-state index in [1.165, 1.54) is 17.3 Å². The van der Waals surface area contributed by atoms with Crippen LogP contribution in [0.25, 0.3) is 0 Å². The van der Waals surface area contributed by atoms with Gasteiger partial charge in [0, 0.05) is 12.2 Å². The molecule has 1 aromatic carbocycles. The maximum Gasteiger partial charge on any atom is 0.326 e. The van der Waals surface area contributed by atoms with Crippen molar-refractivity contribution in [3.63, 3.8) is 0 Å². The van der Waals surface area contributed by atoms with Gasteiger partial charge in [0.1, 0.15) is 6.04 Å². The van der Waals surface area contributed by atoms with Gasteiger partial charge < -0.3 is 10.4 Å². The molecule has 0 saturated heterocycles. The first-order valence-corrected chi connectivity index (χ1v) is 10.0. The number of aromatic nitrogens is 2. The Balaban J connectivity index is 1.73. The molecule has 2 atom stereocenters. The highest BCUT2D eigenvalue weighted by Gasteiger charge is 2.29. The quantitative estimate of drug-likeness (QED) is 0.766. The second-order valence-corrected chi connectivity index (χ2v) is 8.11. The molecule has 1 amide bonds. The molecule has 1 heterocycles. The molecule has 1 aliphatic rings. The Morgan fingerprint density at radius 1 is 1.32 bits per heavy atom. The van der Waals surface area contributed by atoms with E-state index < -0.39 is 12.0 Å². The second-order valence-electron chi connectivity index (χ2n) is 8.11. The Kier molecular flexibility index (Phi) is 6.17. The SMILES string of the molecule is Cc1c(C(=O)NC(CC2CCCc3ccccc32)C(=O)O)cnn1CC(C)C. The van der Waals surface area contributed by atoms with E-state index in [1.807, 2.05) is 19.1 Å². The van der Waals surface area contributed by atoms with E-state index in [0.717, 1.165) is 31.5 Å². The van der Waals surface area contributed by atoms with Crippen LogP contribution in [0, 0.1) is 12.8 Å². The third-order valence-corrected chi connectivity index (χ3v) is 5.50. The summed E-state index contributed by atoms with van der Waals surface area (Å²) < 4.78 is 1.80. The van der Waals surface area contributed by atoms with Gasteiger partial charge in [-0.2, -0.15) is 5.10 Å². The van der Waals surface area contributed by atoms with Crippen molar-refractivity contribution >= 4 is 11.9 Å². The number of carbonyl (C=O) groups excluding carboxylic acids is 1.